The zero-order chi connectivity index (χ0) is 17.8. The first-order valence-electron chi connectivity index (χ1n) is 9.01. The number of hydrogen-bond donors (Lipinski definition) is 0. The standard InChI is InChI=1S/C20H26N2O3/c1-4-18-20(14(2)21-25-18)17-6-5-13-22(17)19(23)12-9-15-7-10-16(24-3)11-8-15/h7-8,10-11,17H,4-6,9,12-13H2,1-3H3/t17-/m0/s1. The number of ether oxygens (including phenoxy) is 1. The van der Waals surface area contributed by atoms with Crippen molar-refractivity contribution in [2.75, 3.05) is 13.7 Å². The number of benzene rings is 1. The van der Waals surface area contributed by atoms with Crippen LogP contribution >= 0.6 is 0 Å². The first kappa shape index (κ1) is 17.5. The molecule has 0 radical (unpaired) electrons. The number of aryl methyl sites for hydroxylation is 3. The van der Waals surface area contributed by atoms with Gasteiger partial charge in [0.2, 0.25) is 5.91 Å². The second-order valence-electron chi connectivity index (χ2n) is 6.55. The van der Waals surface area contributed by atoms with Crippen molar-refractivity contribution in [3.63, 3.8) is 0 Å². The minimum Gasteiger partial charge on any atom is -0.497 e. The maximum Gasteiger partial charge on any atom is 0.223 e. The van der Waals surface area contributed by atoms with Crippen LogP contribution in [0.3, 0.4) is 0 Å². The summed E-state index contributed by atoms with van der Waals surface area (Å²) in [7, 11) is 1.66. The fourth-order valence-corrected chi connectivity index (χ4v) is 3.66. The fraction of sp³-hybridized carbons (Fsp3) is 0.500. The Labute approximate surface area is 148 Å². The van der Waals surface area contributed by atoms with Crippen LogP contribution in [-0.2, 0) is 17.6 Å². The van der Waals surface area contributed by atoms with E-state index in [1.807, 2.05) is 36.1 Å². The Bertz CT molecular complexity index is 721. The average molecular weight is 342 g/mol. The van der Waals surface area contributed by atoms with Gasteiger partial charge in [-0.15, -0.1) is 0 Å². The van der Waals surface area contributed by atoms with E-state index < -0.39 is 0 Å². The third-order valence-corrected chi connectivity index (χ3v) is 5.00. The number of aromatic nitrogens is 1. The number of likely N-dealkylation sites (tertiary alicyclic amines) is 1. The van der Waals surface area contributed by atoms with E-state index in [1.54, 1.807) is 7.11 Å². The van der Waals surface area contributed by atoms with E-state index in [0.29, 0.717) is 6.42 Å². The van der Waals surface area contributed by atoms with E-state index in [2.05, 4.69) is 12.1 Å². The largest absolute Gasteiger partial charge is 0.497 e. The van der Waals surface area contributed by atoms with Gasteiger partial charge in [0, 0.05) is 24.9 Å². The van der Waals surface area contributed by atoms with E-state index in [9.17, 15) is 4.79 Å². The van der Waals surface area contributed by atoms with Crippen LogP contribution in [0, 0.1) is 6.92 Å². The SMILES string of the molecule is CCc1onc(C)c1[C@@H]1CCCN1C(=O)CCc1ccc(OC)cc1. The van der Waals surface area contributed by atoms with Gasteiger partial charge in [-0.05, 0) is 43.9 Å². The van der Waals surface area contributed by atoms with E-state index >= 15 is 0 Å². The topological polar surface area (TPSA) is 55.6 Å². The minimum atomic E-state index is 0.115. The normalized spacial score (nSPS) is 17.1. The molecule has 1 aromatic heterocycles. The zero-order valence-corrected chi connectivity index (χ0v) is 15.2. The number of nitrogens with zero attached hydrogens (tertiary/aromatic N) is 2. The highest BCUT2D eigenvalue weighted by atomic mass is 16.5. The molecule has 5 heteroatoms. The molecule has 1 atom stereocenters. The molecule has 0 bridgehead atoms. The van der Waals surface area contributed by atoms with Gasteiger partial charge >= 0.3 is 0 Å². The van der Waals surface area contributed by atoms with E-state index in [4.69, 9.17) is 9.26 Å². The predicted molar refractivity (Wildman–Crippen MR) is 95.6 cm³/mol. The van der Waals surface area contributed by atoms with Crippen LogP contribution in [0.25, 0.3) is 0 Å². The molecule has 1 fully saturated rings. The summed E-state index contributed by atoms with van der Waals surface area (Å²) < 4.78 is 10.6. The van der Waals surface area contributed by atoms with Gasteiger partial charge in [0.15, 0.2) is 0 Å². The van der Waals surface area contributed by atoms with Crippen LogP contribution in [0.5, 0.6) is 5.75 Å². The van der Waals surface area contributed by atoms with Gasteiger partial charge in [0.1, 0.15) is 11.5 Å². The molecule has 1 amide bonds. The third kappa shape index (κ3) is 3.70. The predicted octanol–water partition coefficient (Wildman–Crippen LogP) is 3.85. The van der Waals surface area contributed by atoms with Crippen LogP contribution in [-0.4, -0.2) is 29.6 Å². The van der Waals surface area contributed by atoms with E-state index in [1.165, 1.54) is 0 Å². The number of amides is 1. The lowest BCUT2D eigenvalue weighted by molar-refractivity contribution is -0.132. The molecule has 25 heavy (non-hydrogen) atoms. The molecular weight excluding hydrogens is 316 g/mol. The first-order chi connectivity index (χ1) is 12.1. The Hall–Kier alpha value is -2.30. The molecule has 2 heterocycles. The maximum absolute atomic E-state index is 12.8. The van der Waals surface area contributed by atoms with Gasteiger partial charge in [-0.25, -0.2) is 0 Å². The van der Waals surface area contributed by atoms with Crippen molar-refractivity contribution in [2.24, 2.45) is 0 Å². The van der Waals surface area contributed by atoms with Gasteiger partial charge in [-0.3, -0.25) is 4.79 Å². The van der Waals surface area contributed by atoms with Crippen molar-refractivity contribution < 1.29 is 14.1 Å². The van der Waals surface area contributed by atoms with Gasteiger partial charge in [-0.1, -0.05) is 24.2 Å². The molecule has 5 nitrogen and oxygen atoms in total. The average Bonchev–Trinajstić information content (AvgIpc) is 3.25. The molecular formula is C20H26N2O3. The van der Waals surface area contributed by atoms with E-state index in [0.717, 1.165) is 60.6 Å². The molecule has 0 saturated carbocycles. The van der Waals surface area contributed by atoms with Crippen LogP contribution in [0.15, 0.2) is 28.8 Å². The maximum atomic E-state index is 12.8. The summed E-state index contributed by atoms with van der Waals surface area (Å²) in [5.41, 5.74) is 3.19. The number of carbonyl (C=O) groups is 1. The summed E-state index contributed by atoms with van der Waals surface area (Å²) in [4.78, 5) is 14.8. The summed E-state index contributed by atoms with van der Waals surface area (Å²) in [6, 6.07) is 8.03. The van der Waals surface area contributed by atoms with Crippen LogP contribution in [0.4, 0.5) is 0 Å². The molecule has 3 rings (SSSR count). The Kier molecular flexibility index (Phi) is 5.41. The number of rotatable bonds is 6. The van der Waals surface area contributed by atoms with Crippen molar-refractivity contribution in [1.29, 1.82) is 0 Å². The Balaban J connectivity index is 1.67. The number of methoxy groups -OCH3 is 1. The van der Waals surface area contributed by atoms with E-state index in [-0.39, 0.29) is 11.9 Å². The van der Waals surface area contributed by atoms with Gasteiger partial charge in [-0.2, -0.15) is 0 Å². The molecule has 1 saturated heterocycles. The highest BCUT2D eigenvalue weighted by Gasteiger charge is 2.33. The Morgan fingerprint density at radius 1 is 1.36 bits per heavy atom. The van der Waals surface area contributed by atoms with Crippen molar-refractivity contribution in [2.45, 2.75) is 52.0 Å². The smallest absolute Gasteiger partial charge is 0.223 e. The quantitative estimate of drug-likeness (QED) is 0.800. The Morgan fingerprint density at radius 2 is 2.12 bits per heavy atom. The lowest BCUT2D eigenvalue weighted by Crippen LogP contribution is -2.31. The highest BCUT2D eigenvalue weighted by molar-refractivity contribution is 5.77. The third-order valence-electron chi connectivity index (χ3n) is 5.00. The molecule has 0 spiro atoms. The molecule has 0 aliphatic carbocycles. The summed E-state index contributed by atoms with van der Waals surface area (Å²) >= 11 is 0. The lowest BCUT2D eigenvalue weighted by atomic mass is 10.0. The molecule has 1 aliphatic heterocycles. The first-order valence-corrected chi connectivity index (χ1v) is 9.01. The van der Waals surface area contributed by atoms with Gasteiger partial charge < -0.3 is 14.2 Å². The Morgan fingerprint density at radius 3 is 2.80 bits per heavy atom. The van der Waals surface area contributed by atoms with Crippen LogP contribution < -0.4 is 4.74 Å². The molecule has 1 aliphatic rings. The number of hydrogen-bond acceptors (Lipinski definition) is 4. The second kappa shape index (κ2) is 7.72. The summed E-state index contributed by atoms with van der Waals surface area (Å²) in [5, 5.41) is 4.11. The summed E-state index contributed by atoms with van der Waals surface area (Å²) in [6.07, 6.45) is 4.10. The number of carbonyl (C=O) groups excluding carboxylic acids is 1. The van der Waals surface area contributed by atoms with Crippen LogP contribution in [0.1, 0.15) is 54.8 Å². The van der Waals surface area contributed by atoms with Crippen molar-refractivity contribution >= 4 is 5.91 Å². The zero-order valence-electron chi connectivity index (χ0n) is 15.2. The van der Waals surface area contributed by atoms with Crippen molar-refractivity contribution in [3.8, 4) is 5.75 Å². The highest BCUT2D eigenvalue weighted by Crippen LogP contribution is 2.36. The molecule has 2 aromatic rings. The molecule has 1 aromatic carbocycles. The summed E-state index contributed by atoms with van der Waals surface area (Å²) in [6.45, 7) is 4.85. The van der Waals surface area contributed by atoms with Crippen molar-refractivity contribution in [3.05, 3.63) is 46.8 Å². The minimum absolute atomic E-state index is 0.115. The fourth-order valence-electron chi connectivity index (χ4n) is 3.66. The monoisotopic (exact) mass is 342 g/mol. The molecule has 134 valence electrons. The van der Waals surface area contributed by atoms with Gasteiger partial charge in [0.25, 0.3) is 0 Å². The second-order valence-corrected chi connectivity index (χ2v) is 6.55. The van der Waals surface area contributed by atoms with Crippen molar-refractivity contribution in [1.82, 2.24) is 10.1 Å². The van der Waals surface area contributed by atoms with Crippen LogP contribution in [0.2, 0.25) is 0 Å². The molecule has 0 unspecified atom stereocenters. The molecule has 0 N–H and O–H groups in total. The van der Waals surface area contributed by atoms with Gasteiger partial charge in [0.05, 0.1) is 18.8 Å². The lowest BCUT2D eigenvalue weighted by Gasteiger charge is -2.25. The summed E-state index contributed by atoms with van der Waals surface area (Å²) in [5.74, 6) is 1.96.